The summed E-state index contributed by atoms with van der Waals surface area (Å²) in [5.74, 6) is -0.453. The van der Waals surface area contributed by atoms with E-state index in [1.807, 2.05) is 57.4 Å². The minimum absolute atomic E-state index is 0.176. The number of aromatic nitrogens is 2. The van der Waals surface area contributed by atoms with Crippen LogP contribution in [0.15, 0.2) is 74.5 Å². The minimum atomic E-state index is -0.627. The van der Waals surface area contributed by atoms with Crippen LogP contribution in [0.2, 0.25) is 0 Å². The molecule has 0 unspecified atom stereocenters. The standard InChI is InChI=1S/C32H32IN3O3S2/c1-17(2)39-31(38)28-20(5)34-32-36(29(28)22-9-12-25(40-7)13-10-22)30(37)27(41-32)15-23-14-19(4)35(21(23)6)24-11-8-18(3)26(33)16-24/h8-17,29H,1-7H3/b27-15-/t29-/m1/s1. The molecular weight excluding hydrogens is 665 g/mol. The number of ether oxygens (including phenoxy) is 1. The largest absolute Gasteiger partial charge is 0.459 e. The number of halogens is 1. The smallest absolute Gasteiger partial charge is 0.338 e. The molecule has 0 saturated heterocycles. The Morgan fingerprint density at radius 2 is 1.80 bits per heavy atom. The summed E-state index contributed by atoms with van der Waals surface area (Å²) in [6.07, 6.45) is 3.67. The number of rotatable bonds is 6. The predicted molar refractivity (Wildman–Crippen MR) is 176 cm³/mol. The van der Waals surface area contributed by atoms with Crippen LogP contribution in [0.4, 0.5) is 0 Å². The number of hydrogen-bond donors (Lipinski definition) is 0. The quantitative estimate of drug-likeness (QED) is 0.136. The summed E-state index contributed by atoms with van der Waals surface area (Å²) in [4.78, 5) is 33.8. The van der Waals surface area contributed by atoms with Gasteiger partial charge in [0.1, 0.15) is 0 Å². The molecule has 2 aromatic heterocycles. The molecule has 0 fully saturated rings. The van der Waals surface area contributed by atoms with Gasteiger partial charge in [-0.1, -0.05) is 29.5 Å². The molecule has 0 N–H and O–H groups in total. The molecule has 4 aromatic rings. The van der Waals surface area contributed by atoms with Gasteiger partial charge in [-0.2, -0.15) is 0 Å². The van der Waals surface area contributed by atoms with E-state index >= 15 is 0 Å². The van der Waals surface area contributed by atoms with Crippen molar-refractivity contribution in [3.05, 3.63) is 111 Å². The van der Waals surface area contributed by atoms with Crippen LogP contribution in [-0.4, -0.2) is 27.5 Å². The van der Waals surface area contributed by atoms with Crippen LogP contribution < -0.4 is 14.9 Å². The average Bonchev–Trinajstić information content (AvgIpc) is 3.38. The molecule has 0 bridgehead atoms. The molecule has 1 aliphatic heterocycles. The second-order valence-electron chi connectivity index (χ2n) is 10.4. The normalized spacial score (nSPS) is 15.3. The molecule has 1 atom stereocenters. The van der Waals surface area contributed by atoms with E-state index in [0.717, 1.165) is 33.1 Å². The summed E-state index contributed by atoms with van der Waals surface area (Å²) in [6.45, 7) is 11.7. The van der Waals surface area contributed by atoms with Crippen molar-refractivity contribution >= 4 is 57.7 Å². The fraction of sp³-hybridized carbons (Fsp3) is 0.281. The van der Waals surface area contributed by atoms with Gasteiger partial charge in [0.05, 0.1) is 27.9 Å². The first-order valence-corrected chi connectivity index (χ1v) is 16.4. The van der Waals surface area contributed by atoms with Crippen molar-refractivity contribution in [1.82, 2.24) is 9.13 Å². The summed E-state index contributed by atoms with van der Waals surface area (Å²) >= 11 is 5.35. The molecule has 0 aliphatic carbocycles. The highest BCUT2D eigenvalue weighted by molar-refractivity contribution is 14.1. The maximum atomic E-state index is 14.1. The van der Waals surface area contributed by atoms with Crippen molar-refractivity contribution in [2.24, 2.45) is 4.99 Å². The van der Waals surface area contributed by atoms with Crippen molar-refractivity contribution in [2.45, 2.75) is 58.6 Å². The number of allylic oxidation sites excluding steroid dienone is 1. The Balaban J connectivity index is 1.68. The van der Waals surface area contributed by atoms with Crippen molar-refractivity contribution in [3.8, 4) is 5.69 Å². The number of benzene rings is 2. The van der Waals surface area contributed by atoms with E-state index in [9.17, 15) is 9.59 Å². The molecular formula is C32H32IN3O3S2. The number of hydrogen-bond acceptors (Lipinski definition) is 6. The molecule has 0 radical (unpaired) electrons. The van der Waals surface area contributed by atoms with Gasteiger partial charge in [-0.25, -0.2) is 9.79 Å². The third kappa shape index (κ3) is 5.63. The Morgan fingerprint density at radius 1 is 1.10 bits per heavy atom. The zero-order valence-corrected chi connectivity index (χ0v) is 27.9. The van der Waals surface area contributed by atoms with Gasteiger partial charge >= 0.3 is 5.97 Å². The lowest BCUT2D eigenvalue weighted by Gasteiger charge is -2.25. The summed E-state index contributed by atoms with van der Waals surface area (Å²) in [5.41, 5.74) is 7.06. The van der Waals surface area contributed by atoms with Gasteiger partial charge in [0.15, 0.2) is 4.80 Å². The van der Waals surface area contributed by atoms with E-state index in [0.29, 0.717) is 20.6 Å². The summed E-state index contributed by atoms with van der Waals surface area (Å²) in [6, 6.07) is 15.9. The third-order valence-electron chi connectivity index (χ3n) is 7.19. The van der Waals surface area contributed by atoms with Crippen molar-refractivity contribution < 1.29 is 9.53 Å². The number of esters is 1. The van der Waals surface area contributed by atoms with Gasteiger partial charge < -0.3 is 9.30 Å². The topological polar surface area (TPSA) is 65.6 Å². The number of aryl methyl sites for hydroxylation is 2. The van der Waals surface area contributed by atoms with E-state index in [-0.39, 0.29) is 11.7 Å². The summed E-state index contributed by atoms with van der Waals surface area (Å²) in [7, 11) is 0. The highest BCUT2D eigenvalue weighted by Gasteiger charge is 2.33. The minimum Gasteiger partial charge on any atom is -0.459 e. The van der Waals surface area contributed by atoms with Gasteiger partial charge in [-0.05, 0) is 123 Å². The van der Waals surface area contributed by atoms with Crippen LogP contribution >= 0.6 is 45.7 Å². The molecule has 212 valence electrons. The highest BCUT2D eigenvalue weighted by atomic mass is 127. The van der Waals surface area contributed by atoms with E-state index in [1.54, 1.807) is 16.3 Å². The zero-order valence-electron chi connectivity index (χ0n) is 24.1. The molecule has 0 amide bonds. The molecule has 0 spiro atoms. The number of carbonyl (C=O) groups excluding carboxylic acids is 1. The highest BCUT2D eigenvalue weighted by Crippen LogP contribution is 2.32. The molecule has 2 aromatic carbocycles. The first-order chi connectivity index (χ1) is 19.5. The van der Waals surface area contributed by atoms with Crippen LogP contribution in [0.5, 0.6) is 0 Å². The van der Waals surface area contributed by atoms with Crippen LogP contribution in [-0.2, 0) is 9.53 Å². The number of nitrogens with zero attached hydrogens (tertiary/aromatic N) is 3. The predicted octanol–water partition coefficient (Wildman–Crippen LogP) is 6.23. The van der Waals surface area contributed by atoms with Gasteiger partial charge in [-0.3, -0.25) is 9.36 Å². The second-order valence-corrected chi connectivity index (χ2v) is 13.5. The third-order valence-corrected chi connectivity index (χ3v) is 10.1. The van der Waals surface area contributed by atoms with Gasteiger partial charge in [0.25, 0.3) is 5.56 Å². The lowest BCUT2D eigenvalue weighted by atomic mass is 9.96. The second kappa shape index (κ2) is 11.8. The SMILES string of the molecule is CSc1ccc([C@@H]2C(C(=O)OC(C)C)=C(C)N=c3s/c(=C\c4cc(C)n(-c5ccc(C)c(I)c5)c4C)c(=O)n32)cc1. The van der Waals surface area contributed by atoms with Gasteiger partial charge in [0, 0.05) is 25.5 Å². The first-order valence-electron chi connectivity index (χ1n) is 13.3. The van der Waals surface area contributed by atoms with Gasteiger partial charge in [0.2, 0.25) is 0 Å². The lowest BCUT2D eigenvalue weighted by molar-refractivity contribution is -0.143. The fourth-order valence-electron chi connectivity index (χ4n) is 5.15. The maximum absolute atomic E-state index is 14.1. The lowest BCUT2D eigenvalue weighted by Crippen LogP contribution is -2.40. The monoisotopic (exact) mass is 697 g/mol. The number of thiazole rings is 1. The summed E-state index contributed by atoms with van der Waals surface area (Å²) < 4.78 is 11.3. The van der Waals surface area contributed by atoms with Crippen LogP contribution in [0, 0.1) is 24.3 Å². The van der Waals surface area contributed by atoms with E-state index in [2.05, 4.69) is 72.2 Å². The average molecular weight is 698 g/mol. The van der Waals surface area contributed by atoms with Crippen LogP contribution in [0.1, 0.15) is 54.9 Å². The molecule has 1 aliphatic rings. The number of thioether (sulfide) groups is 1. The molecule has 5 rings (SSSR count). The Bertz CT molecular complexity index is 1880. The zero-order chi connectivity index (χ0) is 29.6. The van der Waals surface area contributed by atoms with Crippen LogP contribution in [0.3, 0.4) is 0 Å². The first kappa shape index (κ1) is 29.6. The summed E-state index contributed by atoms with van der Waals surface area (Å²) in [5, 5.41) is 0. The molecule has 6 nitrogen and oxygen atoms in total. The molecule has 3 heterocycles. The molecule has 9 heteroatoms. The van der Waals surface area contributed by atoms with Crippen molar-refractivity contribution in [3.63, 3.8) is 0 Å². The number of carbonyl (C=O) groups is 1. The fourth-order valence-corrected chi connectivity index (χ4v) is 7.10. The van der Waals surface area contributed by atoms with Gasteiger partial charge in [-0.15, -0.1) is 11.8 Å². The van der Waals surface area contributed by atoms with E-state index < -0.39 is 12.0 Å². The van der Waals surface area contributed by atoms with E-state index in [4.69, 9.17) is 9.73 Å². The van der Waals surface area contributed by atoms with Crippen LogP contribution in [0.25, 0.3) is 11.8 Å². The molecule has 41 heavy (non-hydrogen) atoms. The Morgan fingerprint density at radius 3 is 2.44 bits per heavy atom. The number of fused-ring (bicyclic) bond motifs is 1. The Labute approximate surface area is 261 Å². The van der Waals surface area contributed by atoms with E-state index in [1.165, 1.54) is 20.5 Å². The van der Waals surface area contributed by atoms with Crippen molar-refractivity contribution in [1.29, 1.82) is 0 Å². The van der Waals surface area contributed by atoms with Crippen molar-refractivity contribution in [2.75, 3.05) is 6.26 Å². The Kier molecular flexibility index (Phi) is 8.50. The maximum Gasteiger partial charge on any atom is 0.338 e. The molecule has 0 saturated carbocycles. The Hall–Kier alpha value is -2.89.